The molecule has 0 saturated carbocycles. The second-order valence-corrected chi connectivity index (χ2v) is 9.33. The molecule has 0 spiro atoms. The first-order chi connectivity index (χ1) is 15.6. The molecule has 0 saturated heterocycles. The Bertz CT molecular complexity index is 1250. The van der Waals surface area contributed by atoms with Crippen molar-refractivity contribution in [2.75, 3.05) is 10.6 Å². The smallest absolute Gasteiger partial charge is 0.303 e. The van der Waals surface area contributed by atoms with E-state index in [0.717, 1.165) is 32.4 Å². The molecule has 170 valence electrons. The first-order valence-electron chi connectivity index (χ1n) is 10.1. The van der Waals surface area contributed by atoms with Crippen molar-refractivity contribution < 1.29 is 14.7 Å². The lowest BCUT2D eigenvalue weighted by molar-refractivity contribution is -0.138. The zero-order valence-corrected chi connectivity index (χ0v) is 21.2. The van der Waals surface area contributed by atoms with E-state index in [1.807, 2.05) is 44.2 Å². The average molecular weight is 546 g/mol. The summed E-state index contributed by atoms with van der Waals surface area (Å²) in [6, 6.07) is 17.1. The second-order valence-electron chi connectivity index (χ2n) is 7.60. The van der Waals surface area contributed by atoms with Crippen molar-refractivity contribution >= 4 is 73.6 Å². The molecule has 0 unspecified atom stereocenters. The van der Waals surface area contributed by atoms with Gasteiger partial charge in [-0.3, -0.25) is 9.59 Å². The predicted molar refractivity (Wildman–Crippen MR) is 141 cm³/mol. The topological polar surface area (TPSA) is 78.4 Å². The molecule has 1 amide bonds. The minimum atomic E-state index is -1.02. The van der Waals surface area contributed by atoms with E-state index in [-0.39, 0.29) is 18.7 Å². The van der Waals surface area contributed by atoms with Crippen molar-refractivity contribution in [1.29, 1.82) is 0 Å². The number of carbonyl (C=O) groups is 2. The quantitative estimate of drug-likeness (QED) is 0.209. The Morgan fingerprint density at radius 3 is 2.42 bits per heavy atom. The summed E-state index contributed by atoms with van der Waals surface area (Å²) in [5.41, 5.74) is 5.84. The molecule has 0 aliphatic heterocycles. The SMILES string of the molecule is Cc1ccc(C)c(C(=S)c2ccc(Nc3ccc(Br)cc3NC(=O)CCC(=O)O)cc2Cl)c1. The summed E-state index contributed by atoms with van der Waals surface area (Å²) in [5, 5.41) is 15.3. The van der Waals surface area contributed by atoms with E-state index in [9.17, 15) is 9.59 Å². The lowest BCUT2D eigenvalue weighted by Crippen LogP contribution is -2.14. The van der Waals surface area contributed by atoms with Gasteiger partial charge in [0.1, 0.15) is 0 Å². The number of carboxylic acid groups (broad SMARTS) is 1. The number of nitrogens with one attached hydrogen (secondary N) is 2. The van der Waals surface area contributed by atoms with E-state index in [1.54, 1.807) is 18.2 Å². The van der Waals surface area contributed by atoms with Gasteiger partial charge in [0.25, 0.3) is 0 Å². The van der Waals surface area contributed by atoms with Crippen LogP contribution < -0.4 is 10.6 Å². The van der Waals surface area contributed by atoms with Crippen LogP contribution in [-0.2, 0) is 9.59 Å². The zero-order chi connectivity index (χ0) is 24.1. The largest absolute Gasteiger partial charge is 0.481 e. The number of hydrogen-bond donors (Lipinski definition) is 3. The molecule has 5 nitrogen and oxygen atoms in total. The van der Waals surface area contributed by atoms with Crippen LogP contribution in [0.2, 0.25) is 5.02 Å². The Hall–Kier alpha value is -2.74. The highest BCUT2D eigenvalue weighted by atomic mass is 79.9. The number of anilines is 3. The molecule has 0 radical (unpaired) electrons. The van der Waals surface area contributed by atoms with Crippen molar-refractivity contribution in [2.45, 2.75) is 26.7 Å². The van der Waals surface area contributed by atoms with E-state index in [2.05, 4.69) is 32.6 Å². The van der Waals surface area contributed by atoms with Crippen LogP contribution in [0.3, 0.4) is 0 Å². The van der Waals surface area contributed by atoms with Crippen LogP contribution in [0.15, 0.2) is 59.1 Å². The summed E-state index contributed by atoms with van der Waals surface area (Å²) in [7, 11) is 0. The van der Waals surface area contributed by atoms with Gasteiger partial charge in [-0.15, -0.1) is 0 Å². The third-order valence-electron chi connectivity index (χ3n) is 4.95. The Balaban J connectivity index is 1.83. The molecule has 0 atom stereocenters. The van der Waals surface area contributed by atoms with Gasteiger partial charge in [0, 0.05) is 22.1 Å². The summed E-state index contributed by atoms with van der Waals surface area (Å²) in [5.74, 6) is -1.41. The lowest BCUT2D eigenvalue weighted by atomic mass is 9.98. The van der Waals surface area contributed by atoms with Gasteiger partial charge < -0.3 is 15.7 Å². The Morgan fingerprint density at radius 2 is 1.73 bits per heavy atom. The Morgan fingerprint density at radius 1 is 0.970 bits per heavy atom. The van der Waals surface area contributed by atoms with Gasteiger partial charge in [-0.05, 0) is 61.4 Å². The van der Waals surface area contributed by atoms with E-state index in [4.69, 9.17) is 28.9 Å². The minimum Gasteiger partial charge on any atom is -0.481 e. The molecule has 8 heteroatoms. The van der Waals surface area contributed by atoms with Gasteiger partial charge in [0.05, 0.1) is 27.7 Å². The highest BCUT2D eigenvalue weighted by Crippen LogP contribution is 2.32. The maximum atomic E-state index is 12.1. The van der Waals surface area contributed by atoms with Crippen LogP contribution in [-0.4, -0.2) is 21.8 Å². The zero-order valence-electron chi connectivity index (χ0n) is 18.0. The van der Waals surface area contributed by atoms with Crippen LogP contribution in [0.4, 0.5) is 17.1 Å². The third kappa shape index (κ3) is 6.63. The molecule has 0 heterocycles. The summed E-state index contributed by atoms with van der Waals surface area (Å²) >= 11 is 15.7. The molecule has 3 N–H and O–H groups in total. The summed E-state index contributed by atoms with van der Waals surface area (Å²) in [4.78, 5) is 23.6. The fourth-order valence-corrected chi connectivity index (χ4v) is 4.31. The number of thiocarbonyl (C=S) groups is 1. The Labute approximate surface area is 211 Å². The van der Waals surface area contributed by atoms with E-state index in [1.165, 1.54) is 0 Å². The van der Waals surface area contributed by atoms with Crippen molar-refractivity contribution in [2.24, 2.45) is 0 Å². The molecule has 3 rings (SSSR count). The molecule has 3 aromatic rings. The average Bonchev–Trinajstić information content (AvgIpc) is 2.75. The third-order valence-corrected chi connectivity index (χ3v) is 6.20. The second kappa shape index (κ2) is 10.9. The van der Waals surface area contributed by atoms with Crippen LogP contribution >= 0.6 is 39.7 Å². The molecule has 3 aromatic carbocycles. The number of carboxylic acids is 1. The van der Waals surface area contributed by atoms with E-state index in [0.29, 0.717) is 21.3 Å². The molecular weight excluding hydrogens is 524 g/mol. The van der Waals surface area contributed by atoms with Crippen LogP contribution in [0.25, 0.3) is 0 Å². The highest BCUT2D eigenvalue weighted by molar-refractivity contribution is 9.10. The van der Waals surface area contributed by atoms with Gasteiger partial charge in [-0.2, -0.15) is 0 Å². The maximum absolute atomic E-state index is 12.1. The van der Waals surface area contributed by atoms with Crippen molar-refractivity contribution in [3.05, 3.63) is 86.3 Å². The van der Waals surface area contributed by atoms with E-state index >= 15 is 0 Å². The molecule has 0 bridgehead atoms. The number of aryl methyl sites for hydroxylation is 2. The van der Waals surface area contributed by atoms with Gasteiger partial charge in [0.15, 0.2) is 0 Å². The van der Waals surface area contributed by atoms with Gasteiger partial charge in [-0.25, -0.2) is 0 Å². The molecule has 0 aromatic heterocycles. The number of aliphatic carboxylic acids is 1. The molecular formula is C25H22BrClN2O3S. The van der Waals surface area contributed by atoms with Crippen LogP contribution in [0.1, 0.15) is 35.1 Å². The maximum Gasteiger partial charge on any atom is 0.303 e. The predicted octanol–water partition coefficient (Wildman–Crippen LogP) is 7.03. The fourth-order valence-electron chi connectivity index (χ4n) is 3.22. The number of hydrogen-bond acceptors (Lipinski definition) is 4. The molecule has 33 heavy (non-hydrogen) atoms. The van der Waals surface area contributed by atoms with Crippen molar-refractivity contribution in [1.82, 2.24) is 0 Å². The standard InChI is InChI=1S/C25H22BrClN2O3S/c1-14-3-4-15(2)19(11-14)25(33)18-7-6-17(13-20(18)27)28-21-8-5-16(26)12-22(21)29-23(30)9-10-24(31)32/h3-8,11-13,28H,9-10H2,1-2H3,(H,29,30)(H,31,32). The number of rotatable bonds is 8. The molecule has 0 aliphatic rings. The summed E-state index contributed by atoms with van der Waals surface area (Å²) < 4.78 is 0.772. The number of halogens is 2. The first-order valence-corrected chi connectivity index (χ1v) is 11.7. The number of benzene rings is 3. The first kappa shape index (κ1) is 24.9. The monoisotopic (exact) mass is 544 g/mol. The molecule has 0 fully saturated rings. The summed E-state index contributed by atoms with van der Waals surface area (Å²) in [6.45, 7) is 4.04. The number of amides is 1. The summed E-state index contributed by atoms with van der Waals surface area (Å²) in [6.07, 6.45) is -0.350. The van der Waals surface area contributed by atoms with Crippen LogP contribution in [0, 0.1) is 13.8 Å². The van der Waals surface area contributed by atoms with Gasteiger partial charge in [0.2, 0.25) is 5.91 Å². The highest BCUT2D eigenvalue weighted by Gasteiger charge is 2.14. The lowest BCUT2D eigenvalue weighted by Gasteiger charge is -2.15. The van der Waals surface area contributed by atoms with Crippen LogP contribution in [0.5, 0.6) is 0 Å². The van der Waals surface area contributed by atoms with Crippen molar-refractivity contribution in [3.8, 4) is 0 Å². The molecule has 0 aliphatic carbocycles. The number of carbonyl (C=O) groups excluding carboxylic acids is 1. The minimum absolute atomic E-state index is 0.113. The van der Waals surface area contributed by atoms with Gasteiger partial charge in [-0.1, -0.05) is 63.5 Å². The normalized spacial score (nSPS) is 10.5. The Kier molecular flexibility index (Phi) is 8.24. The van der Waals surface area contributed by atoms with Crippen molar-refractivity contribution in [3.63, 3.8) is 0 Å². The van der Waals surface area contributed by atoms with Gasteiger partial charge >= 0.3 is 5.97 Å². The fraction of sp³-hybridized carbons (Fsp3) is 0.160. The van der Waals surface area contributed by atoms with E-state index < -0.39 is 5.97 Å².